The van der Waals surface area contributed by atoms with Crippen LogP contribution in [-0.2, 0) is 6.54 Å². The molecule has 0 unspecified atom stereocenters. The van der Waals surface area contributed by atoms with Crippen molar-refractivity contribution in [3.63, 3.8) is 0 Å². The van der Waals surface area contributed by atoms with Gasteiger partial charge in [0.05, 0.1) is 6.33 Å². The number of nitrogens with zero attached hydrogens (tertiary/aromatic N) is 5. The highest BCUT2D eigenvalue weighted by Crippen LogP contribution is 2.14. The summed E-state index contributed by atoms with van der Waals surface area (Å²) in [6, 6.07) is 0. The SMILES string of the molecule is CCN(CCCn1cnc2c(N)ncnc21)CC(C)C. The van der Waals surface area contributed by atoms with Gasteiger partial charge in [0, 0.05) is 13.1 Å². The lowest BCUT2D eigenvalue weighted by Gasteiger charge is -2.22. The molecule has 6 nitrogen and oxygen atoms in total. The fraction of sp³-hybridized carbons (Fsp3) is 0.643. The minimum Gasteiger partial charge on any atom is -0.382 e. The Labute approximate surface area is 120 Å². The third kappa shape index (κ3) is 3.45. The van der Waals surface area contributed by atoms with E-state index in [1.807, 2.05) is 0 Å². The molecular formula is C14H24N6. The van der Waals surface area contributed by atoms with Crippen LogP contribution >= 0.6 is 0 Å². The number of anilines is 1. The number of hydrogen-bond donors (Lipinski definition) is 1. The molecule has 0 bridgehead atoms. The molecule has 2 N–H and O–H groups in total. The molecule has 2 aromatic rings. The number of fused-ring (bicyclic) bond motifs is 1. The molecule has 0 aliphatic rings. The number of imidazole rings is 1. The van der Waals surface area contributed by atoms with Gasteiger partial charge in [0.2, 0.25) is 0 Å². The standard InChI is InChI=1S/C14H24N6/c1-4-19(8-11(2)3)6-5-7-20-10-18-12-13(15)16-9-17-14(12)20/h9-11H,4-8H2,1-3H3,(H2,15,16,17). The Hall–Kier alpha value is -1.69. The lowest BCUT2D eigenvalue weighted by atomic mass is 10.2. The molecular weight excluding hydrogens is 252 g/mol. The van der Waals surface area contributed by atoms with Gasteiger partial charge in [0.25, 0.3) is 0 Å². The fourth-order valence-corrected chi connectivity index (χ4v) is 2.42. The van der Waals surface area contributed by atoms with Crippen LogP contribution in [0.15, 0.2) is 12.7 Å². The van der Waals surface area contributed by atoms with E-state index in [-0.39, 0.29) is 0 Å². The first-order valence-corrected chi connectivity index (χ1v) is 7.25. The van der Waals surface area contributed by atoms with Gasteiger partial charge >= 0.3 is 0 Å². The molecule has 6 heteroatoms. The predicted molar refractivity (Wildman–Crippen MR) is 81.3 cm³/mol. The largest absolute Gasteiger partial charge is 0.382 e. The summed E-state index contributed by atoms with van der Waals surface area (Å²) in [5.41, 5.74) is 7.31. The third-order valence-electron chi connectivity index (χ3n) is 3.37. The number of aromatic nitrogens is 4. The lowest BCUT2D eigenvalue weighted by Crippen LogP contribution is -2.29. The Balaban J connectivity index is 1.94. The second-order valence-corrected chi connectivity index (χ2v) is 5.51. The Bertz CT molecular complexity index is 548. The van der Waals surface area contributed by atoms with Crippen LogP contribution in [0.5, 0.6) is 0 Å². The number of nitrogens with two attached hydrogens (primary N) is 1. The van der Waals surface area contributed by atoms with Crippen molar-refractivity contribution in [2.24, 2.45) is 5.92 Å². The van der Waals surface area contributed by atoms with E-state index in [4.69, 9.17) is 5.73 Å². The highest BCUT2D eigenvalue weighted by atomic mass is 15.1. The molecule has 0 aliphatic carbocycles. The minimum atomic E-state index is 0.448. The van der Waals surface area contributed by atoms with Crippen molar-refractivity contribution in [1.29, 1.82) is 0 Å². The number of nitrogen functional groups attached to an aromatic ring is 1. The minimum absolute atomic E-state index is 0.448. The molecule has 2 rings (SSSR count). The van der Waals surface area contributed by atoms with E-state index in [2.05, 4.69) is 45.2 Å². The molecule has 0 saturated heterocycles. The first-order chi connectivity index (χ1) is 9.61. The van der Waals surface area contributed by atoms with Crippen LogP contribution in [0.3, 0.4) is 0 Å². The topological polar surface area (TPSA) is 72.9 Å². The fourth-order valence-electron chi connectivity index (χ4n) is 2.42. The summed E-state index contributed by atoms with van der Waals surface area (Å²) in [5.74, 6) is 1.15. The number of aryl methyl sites for hydroxylation is 1. The normalized spacial score (nSPS) is 11.8. The molecule has 0 atom stereocenters. The highest BCUT2D eigenvalue weighted by molar-refractivity contribution is 5.80. The van der Waals surface area contributed by atoms with Gasteiger partial charge in [-0.1, -0.05) is 20.8 Å². The summed E-state index contributed by atoms with van der Waals surface area (Å²) in [4.78, 5) is 15.0. The van der Waals surface area contributed by atoms with Crippen LogP contribution in [0.25, 0.3) is 11.2 Å². The van der Waals surface area contributed by atoms with E-state index in [9.17, 15) is 0 Å². The molecule has 0 aromatic carbocycles. The molecule has 0 aliphatic heterocycles. The van der Waals surface area contributed by atoms with Crippen LogP contribution in [-0.4, -0.2) is 44.1 Å². The predicted octanol–water partition coefficient (Wildman–Crippen LogP) is 1.78. The maximum Gasteiger partial charge on any atom is 0.165 e. The Morgan fingerprint density at radius 2 is 2.10 bits per heavy atom. The van der Waals surface area contributed by atoms with E-state index in [0.29, 0.717) is 17.3 Å². The molecule has 0 amide bonds. The summed E-state index contributed by atoms with van der Waals surface area (Å²) in [6.07, 6.45) is 4.37. The first-order valence-electron chi connectivity index (χ1n) is 7.25. The van der Waals surface area contributed by atoms with Crippen LogP contribution < -0.4 is 5.73 Å². The summed E-state index contributed by atoms with van der Waals surface area (Å²) in [6.45, 7) is 11.0. The maximum atomic E-state index is 5.79. The van der Waals surface area contributed by atoms with Gasteiger partial charge in [-0.25, -0.2) is 15.0 Å². The lowest BCUT2D eigenvalue weighted by molar-refractivity contribution is 0.249. The van der Waals surface area contributed by atoms with Gasteiger partial charge in [-0.2, -0.15) is 0 Å². The zero-order valence-corrected chi connectivity index (χ0v) is 12.6. The van der Waals surface area contributed by atoms with E-state index >= 15 is 0 Å². The monoisotopic (exact) mass is 276 g/mol. The van der Waals surface area contributed by atoms with E-state index in [1.54, 1.807) is 6.33 Å². The van der Waals surface area contributed by atoms with Gasteiger partial charge in [-0.15, -0.1) is 0 Å². The molecule has 0 spiro atoms. The first kappa shape index (κ1) is 14.7. The molecule has 20 heavy (non-hydrogen) atoms. The van der Waals surface area contributed by atoms with Gasteiger partial charge in [0.15, 0.2) is 11.5 Å². The van der Waals surface area contributed by atoms with Crippen LogP contribution in [0.2, 0.25) is 0 Å². The van der Waals surface area contributed by atoms with Gasteiger partial charge in [-0.3, -0.25) is 0 Å². The Morgan fingerprint density at radius 1 is 1.30 bits per heavy atom. The van der Waals surface area contributed by atoms with Gasteiger partial charge in [0.1, 0.15) is 11.8 Å². The molecule has 2 aromatic heterocycles. The maximum absolute atomic E-state index is 5.79. The van der Waals surface area contributed by atoms with Crippen molar-refractivity contribution in [2.75, 3.05) is 25.4 Å². The summed E-state index contributed by atoms with van der Waals surface area (Å²) in [7, 11) is 0. The van der Waals surface area contributed by atoms with Crippen LogP contribution in [0.1, 0.15) is 27.2 Å². The van der Waals surface area contributed by atoms with Gasteiger partial charge in [-0.05, 0) is 25.4 Å². The number of rotatable bonds is 7. The summed E-state index contributed by atoms with van der Waals surface area (Å²) < 4.78 is 2.05. The molecule has 110 valence electrons. The second-order valence-electron chi connectivity index (χ2n) is 5.51. The second kappa shape index (κ2) is 6.65. The quantitative estimate of drug-likeness (QED) is 0.834. The molecule has 2 heterocycles. The summed E-state index contributed by atoms with van der Waals surface area (Å²) >= 11 is 0. The van der Waals surface area contributed by atoms with Crippen LogP contribution in [0.4, 0.5) is 5.82 Å². The molecule has 0 radical (unpaired) electrons. The molecule has 0 fully saturated rings. The van der Waals surface area contributed by atoms with Crippen molar-refractivity contribution in [1.82, 2.24) is 24.4 Å². The van der Waals surface area contributed by atoms with E-state index in [1.165, 1.54) is 6.33 Å². The van der Waals surface area contributed by atoms with Crippen LogP contribution in [0, 0.1) is 5.92 Å². The Kier molecular flexibility index (Phi) is 4.89. The average Bonchev–Trinajstić information content (AvgIpc) is 2.82. The average molecular weight is 276 g/mol. The zero-order chi connectivity index (χ0) is 14.5. The number of hydrogen-bond acceptors (Lipinski definition) is 5. The Morgan fingerprint density at radius 3 is 2.80 bits per heavy atom. The molecule has 0 saturated carbocycles. The van der Waals surface area contributed by atoms with Crippen molar-refractivity contribution in [2.45, 2.75) is 33.7 Å². The van der Waals surface area contributed by atoms with E-state index < -0.39 is 0 Å². The van der Waals surface area contributed by atoms with Crippen molar-refractivity contribution < 1.29 is 0 Å². The van der Waals surface area contributed by atoms with Crippen molar-refractivity contribution >= 4 is 17.0 Å². The van der Waals surface area contributed by atoms with Gasteiger partial charge < -0.3 is 15.2 Å². The third-order valence-corrected chi connectivity index (χ3v) is 3.37. The summed E-state index contributed by atoms with van der Waals surface area (Å²) in [5, 5.41) is 0. The van der Waals surface area contributed by atoms with E-state index in [0.717, 1.165) is 38.2 Å². The van der Waals surface area contributed by atoms with Crippen molar-refractivity contribution in [3.05, 3.63) is 12.7 Å². The highest BCUT2D eigenvalue weighted by Gasteiger charge is 2.08. The smallest absolute Gasteiger partial charge is 0.165 e. The zero-order valence-electron chi connectivity index (χ0n) is 12.6. The van der Waals surface area contributed by atoms with Crippen molar-refractivity contribution in [3.8, 4) is 0 Å².